The Morgan fingerprint density at radius 3 is 2.76 bits per heavy atom. The molecule has 5 heteroatoms. The van der Waals surface area contributed by atoms with Gasteiger partial charge in [-0.05, 0) is 0 Å². The van der Waals surface area contributed by atoms with Crippen LogP contribution < -0.4 is 5.73 Å². The van der Waals surface area contributed by atoms with Crippen molar-refractivity contribution in [2.45, 2.75) is 12.5 Å². The monoisotopic (exact) mass is 231 g/mol. The molecule has 1 unspecified atom stereocenters. The first kappa shape index (κ1) is 11.3. The molecule has 4 N–H and O–H groups in total. The first-order chi connectivity index (χ1) is 8.16. The number of aromatic amines is 1. The minimum Gasteiger partial charge on any atom is -0.481 e. The zero-order chi connectivity index (χ0) is 12.3. The van der Waals surface area contributed by atoms with Gasteiger partial charge in [0.05, 0.1) is 24.4 Å². The number of nitrogens with zero attached hydrogens (tertiary/aromatic N) is 1. The van der Waals surface area contributed by atoms with Crippen LogP contribution in [-0.4, -0.2) is 21.0 Å². The van der Waals surface area contributed by atoms with Crippen LogP contribution in [-0.2, 0) is 4.79 Å². The van der Waals surface area contributed by atoms with Crippen LogP contribution in [0.3, 0.4) is 0 Å². The van der Waals surface area contributed by atoms with Crippen molar-refractivity contribution in [2.24, 2.45) is 5.73 Å². The normalized spacial score (nSPS) is 12.3. The third kappa shape index (κ3) is 2.70. The van der Waals surface area contributed by atoms with Gasteiger partial charge in [-0.1, -0.05) is 30.3 Å². The average molecular weight is 231 g/mol. The fourth-order valence-electron chi connectivity index (χ4n) is 1.56. The zero-order valence-corrected chi connectivity index (χ0v) is 9.13. The highest BCUT2D eigenvalue weighted by molar-refractivity contribution is 5.67. The Labute approximate surface area is 98.3 Å². The maximum Gasteiger partial charge on any atom is 0.305 e. The first-order valence-electron chi connectivity index (χ1n) is 5.24. The van der Waals surface area contributed by atoms with Gasteiger partial charge in [-0.25, -0.2) is 4.98 Å². The van der Waals surface area contributed by atoms with Crippen LogP contribution in [0.4, 0.5) is 0 Å². The van der Waals surface area contributed by atoms with E-state index in [1.807, 2.05) is 30.3 Å². The van der Waals surface area contributed by atoms with E-state index in [4.69, 9.17) is 10.8 Å². The Balaban J connectivity index is 2.19. The summed E-state index contributed by atoms with van der Waals surface area (Å²) in [6.07, 6.45) is 1.46. The van der Waals surface area contributed by atoms with Crippen molar-refractivity contribution in [2.75, 3.05) is 0 Å². The average Bonchev–Trinajstić information content (AvgIpc) is 2.78. The number of carbonyl (C=O) groups is 1. The summed E-state index contributed by atoms with van der Waals surface area (Å²) in [5, 5.41) is 8.65. The summed E-state index contributed by atoms with van der Waals surface area (Å²) in [6.45, 7) is 0. The predicted octanol–water partition coefficient (Wildman–Crippen LogP) is 1.55. The number of aromatic nitrogens is 2. The molecule has 5 nitrogen and oxygen atoms in total. The number of benzene rings is 1. The second-order valence-corrected chi connectivity index (χ2v) is 3.76. The summed E-state index contributed by atoms with van der Waals surface area (Å²) in [7, 11) is 0. The highest BCUT2D eigenvalue weighted by Crippen LogP contribution is 2.18. The smallest absolute Gasteiger partial charge is 0.305 e. The quantitative estimate of drug-likeness (QED) is 0.744. The molecule has 0 saturated carbocycles. The Morgan fingerprint density at radius 1 is 1.41 bits per heavy atom. The number of carboxylic acids is 1. The summed E-state index contributed by atoms with van der Waals surface area (Å²) >= 11 is 0. The van der Waals surface area contributed by atoms with Crippen LogP contribution in [0.2, 0.25) is 0 Å². The van der Waals surface area contributed by atoms with Crippen LogP contribution in [0, 0.1) is 0 Å². The summed E-state index contributed by atoms with van der Waals surface area (Å²) in [4.78, 5) is 17.8. The maximum atomic E-state index is 10.5. The molecule has 2 rings (SSSR count). The number of aliphatic carboxylic acids is 1. The van der Waals surface area contributed by atoms with E-state index in [1.165, 1.54) is 0 Å². The van der Waals surface area contributed by atoms with E-state index >= 15 is 0 Å². The maximum absolute atomic E-state index is 10.5. The van der Waals surface area contributed by atoms with Crippen LogP contribution in [0.1, 0.15) is 18.2 Å². The molecule has 0 fully saturated rings. The molecule has 0 saturated heterocycles. The molecule has 1 aromatic heterocycles. The van der Waals surface area contributed by atoms with Crippen molar-refractivity contribution < 1.29 is 9.90 Å². The number of hydrogen-bond donors (Lipinski definition) is 3. The van der Waals surface area contributed by atoms with E-state index < -0.39 is 12.0 Å². The second kappa shape index (κ2) is 4.80. The van der Waals surface area contributed by atoms with Crippen LogP contribution in [0.5, 0.6) is 0 Å². The van der Waals surface area contributed by atoms with Crippen LogP contribution in [0.25, 0.3) is 11.4 Å². The largest absolute Gasteiger partial charge is 0.481 e. The number of carboxylic acid groups (broad SMARTS) is 1. The highest BCUT2D eigenvalue weighted by Gasteiger charge is 2.13. The lowest BCUT2D eigenvalue weighted by atomic mass is 10.2. The van der Waals surface area contributed by atoms with Gasteiger partial charge < -0.3 is 15.8 Å². The molecular formula is C12H13N3O2. The van der Waals surface area contributed by atoms with Gasteiger partial charge in [-0.3, -0.25) is 4.79 Å². The van der Waals surface area contributed by atoms with Crippen molar-refractivity contribution in [3.8, 4) is 11.4 Å². The third-order valence-corrected chi connectivity index (χ3v) is 2.44. The summed E-state index contributed by atoms with van der Waals surface area (Å²) in [5.74, 6) is -0.227. The summed E-state index contributed by atoms with van der Waals surface area (Å²) in [6, 6.07) is 9.03. The molecule has 88 valence electrons. The van der Waals surface area contributed by atoms with Crippen molar-refractivity contribution in [3.05, 3.63) is 42.2 Å². The van der Waals surface area contributed by atoms with E-state index in [-0.39, 0.29) is 6.42 Å². The SMILES string of the molecule is NC(CC(=O)O)c1cnc(-c2ccccc2)[nH]1. The van der Waals surface area contributed by atoms with E-state index in [9.17, 15) is 4.79 Å². The van der Waals surface area contributed by atoms with E-state index in [0.717, 1.165) is 5.56 Å². The van der Waals surface area contributed by atoms with Gasteiger partial charge in [0.1, 0.15) is 5.82 Å². The Hall–Kier alpha value is -2.14. The molecular weight excluding hydrogens is 218 g/mol. The number of rotatable bonds is 4. The van der Waals surface area contributed by atoms with Gasteiger partial charge in [0.25, 0.3) is 0 Å². The van der Waals surface area contributed by atoms with Gasteiger partial charge in [-0.2, -0.15) is 0 Å². The minimum absolute atomic E-state index is 0.115. The van der Waals surface area contributed by atoms with Crippen molar-refractivity contribution in [3.63, 3.8) is 0 Å². The predicted molar refractivity (Wildman–Crippen MR) is 63.2 cm³/mol. The molecule has 0 aliphatic rings. The van der Waals surface area contributed by atoms with Crippen molar-refractivity contribution >= 4 is 5.97 Å². The number of nitrogens with two attached hydrogens (primary N) is 1. The fourth-order valence-corrected chi connectivity index (χ4v) is 1.56. The number of hydrogen-bond acceptors (Lipinski definition) is 3. The van der Waals surface area contributed by atoms with E-state index in [2.05, 4.69) is 9.97 Å². The van der Waals surface area contributed by atoms with Gasteiger partial charge in [0, 0.05) is 5.56 Å². The molecule has 0 aliphatic heterocycles. The minimum atomic E-state index is -0.923. The van der Waals surface area contributed by atoms with Crippen LogP contribution in [0.15, 0.2) is 36.5 Å². The lowest BCUT2D eigenvalue weighted by Crippen LogP contribution is -2.15. The topological polar surface area (TPSA) is 92.0 Å². The number of imidazole rings is 1. The van der Waals surface area contributed by atoms with Gasteiger partial charge in [-0.15, -0.1) is 0 Å². The van der Waals surface area contributed by atoms with Gasteiger partial charge >= 0.3 is 5.97 Å². The molecule has 17 heavy (non-hydrogen) atoms. The lowest BCUT2D eigenvalue weighted by molar-refractivity contribution is -0.137. The number of nitrogens with one attached hydrogen (secondary N) is 1. The molecule has 0 bridgehead atoms. The lowest BCUT2D eigenvalue weighted by Gasteiger charge is -2.04. The van der Waals surface area contributed by atoms with E-state index in [0.29, 0.717) is 11.5 Å². The van der Waals surface area contributed by atoms with Gasteiger partial charge in [0.15, 0.2) is 0 Å². The van der Waals surface area contributed by atoms with Crippen molar-refractivity contribution in [1.29, 1.82) is 0 Å². The highest BCUT2D eigenvalue weighted by atomic mass is 16.4. The molecule has 0 aliphatic carbocycles. The Bertz CT molecular complexity index is 507. The fraction of sp³-hybridized carbons (Fsp3) is 0.167. The molecule has 0 amide bonds. The zero-order valence-electron chi connectivity index (χ0n) is 9.13. The first-order valence-corrected chi connectivity index (χ1v) is 5.24. The second-order valence-electron chi connectivity index (χ2n) is 3.76. The summed E-state index contributed by atoms with van der Waals surface area (Å²) in [5.41, 5.74) is 7.31. The molecule has 1 atom stereocenters. The standard InChI is InChI=1S/C12H13N3O2/c13-9(6-11(16)17)10-7-14-12(15-10)8-4-2-1-3-5-8/h1-5,7,9H,6,13H2,(H,14,15)(H,16,17). The Kier molecular flexibility index (Phi) is 3.20. The molecule has 1 heterocycles. The number of H-pyrrole nitrogens is 1. The van der Waals surface area contributed by atoms with Gasteiger partial charge in [0.2, 0.25) is 0 Å². The Morgan fingerprint density at radius 2 is 2.12 bits per heavy atom. The molecule has 2 aromatic rings. The summed E-state index contributed by atoms with van der Waals surface area (Å²) < 4.78 is 0. The van der Waals surface area contributed by atoms with E-state index in [1.54, 1.807) is 6.20 Å². The molecule has 1 aromatic carbocycles. The molecule has 0 spiro atoms. The molecule has 0 radical (unpaired) electrons. The van der Waals surface area contributed by atoms with Crippen LogP contribution >= 0.6 is 0 Å². The third-order valence-electron chi connectivity index (χ3n) is 2.44. The van der Waals surface area contributed by atoms with Crippen molar-refractivity contribution in [1.82, 2.24) is 9.97 Å².